The molecule has 3 rings (SSSR count). The quantitative estimate of drug-likeness (QED) is 0.201. The van der Waals surface area contributed by atoms with E-state index in [4.69, 9.17) is 14.2 Å². The van der Waals surface area contributed by atoms with Crippen molar-refractivity contribution >= 4 is 23.6 Å². The molecule has 8 atom stereocenters. The number of methoxy groups -OCH3 is 1. The number of thioether (sulfide) groups is 1. The molecule has 2 aliphatic rings. The highest BCUT2D eigenvalue weighted by molar-refractivity contribution is 7.99. The van der Waals surface area contributed by atoms with Gasteiger partial charge in [-0.15, -0.1) is 11.8 Å². The van der Waals surface area contributed by atoms with Gasteiger partial charge in [-0.2, -0.15) is 0 Å². The van der Waals surface area contributed by atoms with Gasteiger partial charge >= 0.3 is 5.97 Å². The molecule has 11 nitrogen and oxygen atoms in total. The Balaban J connectivity index is 1.62. The maximum atomic E-state index is 13.0. The predicted octanol–water partition coefficient (Wildman–Crippen LogP) is -0.296. The summed E-state index contributed by atoms with van der Waals surface area (Å²) in [6, 6.07) is 4.91. The van der Waals surface area contributed by atoms with Crippen LogP contribution in [-0.4, -0.2) is 118 Å². The molecule has 1 aromatic carbocycles. The van der Waals surface area contributed by atoms with Crippen molar-refractivity contribution in [2.75, 3.05) is 33.1 Å². The van der Waals surface area contributed by atoms with Crippen LogP contribution >= 0.6 is 11.8 Å². The van der Waals surface area contributed by atoms with Gasteiger partial charge in [-0.05, 0) is 45.5 Å². The Morgan fingerprint density at radius 3 is 2.58 bits per heavy atom. The zero-order valence-electron chi connectivity index (χ0n) is 20.6. The first-order chi connectivity index (χ1) is 17.1. The number of benzene rings is 1. The van der Waals surface area contributed by atoms with Crippen molar-refractivity contribution in [2.45, 2.75) is 67.8 Å². The van der Waals surface area contributed by atoms with E-state index in [1.165, 1.54) is 19.2 Å². The molecule has 0 saturated carbocycles. The number of aliphatic hydroxyl groups excluding tert-OH is 3. The fraction of sp³-hybridized carbons (Fsp3) is 0.667. The van der Waals surface area contributed by atoms with Gasteiger partial charge in [0.25, 0.3) is 0 Å². The number of carbonyl (C=O) groups is 2. The van der Waals surface area contributed by atoms with Gasteiger partial charge < -0.3 is 40.0 Å². The zero-order chi connectivity index (χ0) is 26.4. The van der Waals surface area contributed by atoms with E-state index in [0.717, 1.165) is 24.7 Å². The lowest BCUT2D eigenvalue weighted by molar-refractivity contribution is -0.212. The van der Waals surface area contributed by atoms with Gasteiger partial charge in [-0.25, -0.2) is 4.79 Å². The van der Waals surface area contributed by atoms with E-state index in [1.54, 1.807) is 19.1 Å². The summed E-state index contributed by atoms with van der Waals surface area (Å²) >= 11 is 1.09. The molecule has 0 aliphatic carbocycles. The third-order valence-corrected chi connectivity index (χ3v) is 7.81. The fourth-order valence-corrected chi connectivity index (χ4v) is 5.42. The second-order valence-corrected chi connectivity index (χ2v) is 10.3. The van der Waals surface area contributed by atoms with E-state index in [0.29, 0.717) is 6.42 Å². The molecule has 2 heterocycles. The van der Waals surface area contributed by atoms with Crippen LogP contribution in [0.5, 0.6) is 5.75 Å². The number of likely N-dealkylation sites (tertiary alicyclic amines) is 1. The first kappa shape index (κ1) is 28.6. The largest absolute Gasteiger partial charge is 0.507 e. The van der Waals surface area contributed by atoms with Gasteiger partial charge in [0, 0.05) is 12.9 Å². The van der Waals surface area contributed by atoms with E-state index in [2.05, 4.69) is 5.32 Å². The number of aliphatic hydroxyl groups is 3. The van der Waals surface area contributed by atoms with Crippen molar-refractivity contribution in [3.63, 3.8) is 0 Å². The fourth-order valence-electron chi connectivity index (χ4n) is 4.45. The molecule has 0 unspecified atom stereocenters. The first-order valence-corrected chi connectivity index (χ1v) is 13.0. The highest BCUT2D eigenvalue weighted by Gasteiger charge is 2.49. The van der Waals surface area contributed by atoms with Crippen molar-refractivity contribution in [3.8, 4) is 5.75 Å². The van der Waals surface area contributed by atoms with Crippen molar-refractivity contribution in [1.82, 2.24) is 10.2 Å². The lowest BCUT2D eigenvalue weighted by atomic mass is 9.92. The molecule has 5 N–H and O–H groups in total. The smallest absolute Gasteiger partial charge is 0.341 e. The van der Waals surface area contributed by atoms with Crippen molar-refractivity contribution < 1.29 is 44.2 Å². The topological polar surface area (TPSA) is 158 Å². The van der Waals surface area contributed by atoms with Crippen molar-refractivity contribution in [2.24, 2.45) is 0 Å². The van der Waals surface area contributed by atoms with Gasteiger partial charge in [0.05, 0.1) is 18.2 Å². The van der Waals surface area contributed by atoms with Gasteiger partial charge in [-0.3, -0.25) is 9.69 Å². The molecule has 2 aliphatic heterocycles. The average molecular weight is 529 g/mol. The summed E-state index contributed by atoms with van der Waals surface area (Å²) in [6.45, 7) is 2.48. The van der Waals surface area contributed by atoms with E-state index in [1.807, 2.05) is 11.9 Å². The molecule has 1 aromatic rings. The van der Waals surface area contributed by atoms with E-state index >= 15 is 0 Å². The second kappa shape index (κ2) is 13.0. The molecule has 1 amide bonds. The lowest BCUT2D eigenvalue weighted by Crippen LogP contribution is -2.66. The Morgan fingerprint density at radius 1 is 1.22 bits per heavy atom. The molecular weight excluding hydrogens is 492 g/mol. The van der Waals surface area contributed by atoms with Gasteiger partial charge in [-0.1, -0.05) is 12.1 Å². The number of rotatable bonds is 10. The van der Waals surface area contributed by atoms with Crippen LogP contribution in [-0.2, 0) is 19.0 Å². The standard InChI is InChI=1S/C24H36N2O9S/c1-13(33-3)17(25-22(31)15-8-6-10-26(15)2)21-19(29)18(28)20(30)24(35-21)36-12-11-34-23(32)14-7-4-5-9-16(14)27/h4-5,7,9,13,15,17-21,24,27-30H,6,8,10-12H2,1-3H3,(H,25,31)/t13-,15+,17-,18+,19-,20-,21-,24-/m1/s1. The summed E-state index contributed by atoms with van der Waals surface area (Å²) in [5.41, 5.74) is -0.926. The summed E-state index contributed by atoms with van der Waals surface area (Å²) < 4.78 is 16.6. The molecule has 2 fully saturated rings. The molecule has 12 heteroatoms. The highest BCUT2D eigenvalue weighted by atomic mass is 32.2. The zero-order valence-corrected chi connectivity index (χ0v) is 21.5. The summed E-state index contributed by atoms with van der Waals surface area (Å²) in [5.74, 6) is -0.896. The van der Waals surface area contributed by atoms with Gasteiger partial charge in [0.15, 0.2) is 0 Å². The summed E-state index contributed by atoms with van der Waals surface area (Å²) in [7, 11) is 3.34. The second-order valence-electron chi connectivity index (χ2n) is 9.08. The number of ether oxygens (including phenoxy) is 3. The summed E-state index contributed by atoms with van der Waals surface area (Å²) in [4.78, 5) is 27.1. The Hall–Kier alpha value is -1.93. The number of phenolic OH excluding ortho intramolecular Hbond substituents is 1. The molecule has 36 heavy (non-hydrogen) atoms. The molecule has 2 saturated heterocycles. The minimum atomic E-state index is -1.53. The number of hydrogen-bond donors (Lipinski definition) is 5. The first-order valence-electron chi connectivity index (χ1n) is 12.0. The van der Waals surface area contributed by atoms with Gasteiger partial charge in [0.2, 0.25) is 5.91 Å². The number of hydrogen-bond acceptors (Lipinski definition) is 11. The minimum Gasteiger partial charge on any atom is -0.507 e. The molecule has 0 bridgehead atoms. The number of nitrogens with zero attached hydrogens (tertiary/aromatic N) is 1. The van der Waals surface area contributed by atoms with Crippen LogP contribution in [0.1, 0.15) is 30.1 Å². The van der Waals surface area contributed by atoms with Crippen LogP contribution in [0.3, 0.4) is 0 Å². The van der Waals surface area contributed by atoms with Crippen LogP contribution < -0.4 is 5.32 Å². The predicted molar refractivity (Wildman–Crippen MR) is 132 cm³/mol. The van der Waals surface area contributed by atoms with Crippen LogP contribution in [0, 0.1) is 0 Å². The number of nitrogens with one attached hydrogen (secondary N) is 1. The third kappa shape index (κ3) is 6.68. The molecule has 0 radical (unpaired) electrons. The average Bonchev–Trinajstić information content (AvgIpc) is 3.30. The van der Waals surface area contributed by atoms with E-state index < -0.39 is 48.0 Å². The normalized spacial score (nSPS) is 30.5. The maximum Gasteiger partial charge on any atom is 0.341 e. The van der Waals surface area contributed by atoms with Crippen LogP contribution in [0.4, 0.5) is 0 Å². The highest BCUT2D eigenvalue weighted by Crippen LogP contribution is 2.31. The molecule has 202 valence electrons. The van der Waals surface area contributed by atoms with E-state index in [-0.39, 0.29) is 35.6 Å². The van der Waals surface area contributed by atoms with Crippen molar-refractivity contribution in [1.29, 1.82) is 0 Å². The lowest BCUT2D eigenvalue weighted by Gasteiger charge is -2.44. The maximum absolute atomic E-state index is 13.0. The number of likely N-dealkylation sites (N-methyl/N-ethyl adjacent to an activating group) is 1. The molecule has 0 aromatic heterocycles. The number of aromatic hydroxyl groups is 1. The van der Waals surface area contributed by atoms with Crippen molar-refractivity contribution in [3.05, 3.63) is 29.8 Å². The van der Waals surface area contributed by atoms with Crippen LogP contribution in [0.25, 0.3) is 0 Å². The molecule has 0 spiro atoms. The number of para-hydroxylation sites is 1. The van der Waals surface area contributed by atoms with Crippen LogP contribution in [0.15, 0.2) is 24.3 Å². The Labute approximate surface area is 214 Å². The Kier molecular flexibility index (Phi) is 10.4. The third-order valence-electron chi connectivity index (χ3n) is 6.69. The summed E-state index contributed by atoms with van der Waals surface area (Å²) in [5, 5.41) is 44.4. The van der Waals surface area contributed by atoms with Crippen LogP contribution in [0.2, 0.25) is 0 Å². The monoisotopic (exact) mass is 528 g/mol. The Morgan fingerprint density at radius 2 is 1.94 bits per heavy atom. The van der Waals surface area contributed by atoms with E-state index in [9.17, 15) is 30.0 Å². The number of phenols is 1. The number of amides is 1. The SMILES string of the molecule is CO[C@H](C)[C@@H](NC(=O)[C@@H]1CCCN1C)[C@H]1O[C@H](SCCOC(=O)c2ccccc2O)[C@H](O)[C@@H](O)[C@H]1O. The summed E-state index contributed by atoms with van der Waals surface area (Å²) in [6.07, 6.45) is -4.42. The molecular formula is C24H36N2O9S. The Bertz CT molecular complexity index is 891. The number of carbonyl (C=O) groups excluding carboxylic acids is 2. The number of esters is 1. The van der Waals surface area contributed by atoms with Gasteiger partial charge in [0.1, 0.15) is 47.8 Å². The minimum absolute atomic E-state index is 0.0371.